The van der Waals surface area contributed by atoms with E-state index in [-0.39, 0.29) is 11.7 Å². The second-order valence-corrected chi connectivity index (χ2v) is 7.28. The van der Waals surface area contributed by atoms with Crippen molar-refractivity contribution in [3.05, 3.63) is 48.2 Å². The van der Waals surface area contributed by atoms with Gasteiger partial charge in [0.25, 0.3) is 5.91 Å². The van der Waals surface area contributed by atoms with E-state index in [1.54, 1.807) is 18.5 Å². The quantitative estimate of drug-likeness (QED) is 0.796. The Morgan fingerprint density at radius 1 is 0.893 bits per heavy atom. The second-order valence-electron chi connectivity index (χ2n) is 7.28. The molecule has 0 radical (unpaired) electrons. The summed E-state index contributed by atoms with van der Waals surface area (Å²) < 4.78 is 14.0. The van der Waals surface area contributed by atoms with Crippen LogP contribution in [0.5, 0.6) is 0 Å². The summed E-state index contributed by atoms with van der Waals surface area (Å²) in [5.74, 6) is 0.502. The zero-order valence-electron chi connectivity index (χ0n) is 16.1. The van der Waals surface area contributed by atoms with Gasteiger partial charge in [-0.15, -0.1) is 0 Å². The first-order chi connectivity index (χ1) is 13.6. The van der Waals surface area contributed by atoms with Crippen LogP contribution in [-0.2, 0) is 0 Å². The predicted octanol–water partition coefficient (Wildman–Crippen LogP) is 1.33. The standard InChI is InChI=1S/C20H25FN6O/c1-24-6-8-27(9-7-24)20(28)17-14-23-19(15-22-17)26-12-10-25(11-13-26)18-5-3-2-4-16(18)21/h2-5,14-15H,6-13H2,1H3. The highest BCUT2D eigenvalue weighted by Crippen LogP contribution is 2.21. The van der Waals surface area contributed by atoms with Crippen LogP contribution < -0.4 is 9.80 Å². The fraction of sp³-hybridized carbons (Fsp3) is 0.450. The Labute approximate surface area is 164 Å². The summed E-state index contributed by atoms with van der Waals surface area (Å²) in [6.45, 7) is 6.08. The number of piperazine rings is 2. The molecule has 28 heavy (non-hydrogen) atoms. The number of benzene rings is 1. The minimum Gasteiger partial charge on any atom is -0.366 e. The van der Waals surface area contributed by atoms with Crippen molar-refractivity contribution < 1.29 is 9.18 Å². The van der Waals surface area contributed by atoms with Gasteiger partial charge in [-0.05, 0) is 19.2 Å². The Morgan fingerprint density at radius 2 is 1.57 bits per heavy atom. The van der Waals surface area contributed by atoms with Gasteiger partial charge in [0.15, 0.2) is 0 Å². The van der Waals surface area contributed by atoms with Gasteiger partial charge in [0.2, 0.25) is 0 Å². The van der Waals surface area contributed by atoms with Crippen LogP contribution in [-0.4, -0.2) is 85.1 Å². The fourth-order valence-corrected chi connectivity index (χ4v) is 3.65. The predicted molar refractivity (Wildman–Crippen MR) is 106 cm³/mol. The first-order valence-electron chi connectivity index (χ1n) is 9.66. The molecule has 0 bridgehead atoms. The van der Waals surface area contributed by atoms with Crippen LogP contribution in [0.1, 0.15) is 10.5 Å². The third-order valence-electron chi connectivity index (χ3n) is 5.44. The van der Waals surface area contributed by atoms with Crippen LogP contribution in [0.3, 0.4) is 0 Å². The number of carbonyl (C=O) groups excluding carboxylic acids is 1. The molecule has 2 aliphatic rings. The van der Waals surface area contributed by atoms with E-state index in [0.29, 0.717) is 24.5 Å². The average Bonchev–Trinajstić information content (AvgIpc) is 2.74. The number of amides is 1. The first-order valence-corrected chi connectivity index (χ1v) is 9.66. The average molecular weight is 384 g/mol. The van der Waals surface area contributed by atoms with Crippen molar-refractivity contribution in [2.75, 3.05) is 69.2 Å². The SMILES string of the molecule is CN1CCN(C(=O)c2cnc(N3CCN(c4ccccc4F)CC3)cn2)CC1. The van der Waals surface area contributed by atoms with Crippen molar-refractivity contribution in [1.29, 1.82) is 0 Å². The van der Waals surface area contributed by atoms with E-state index in [1.165, 1.54) is 6.07 Å². The monoisotopic (exact) mass is 384 g/mol. The summed E-state index contributed by atoms with van der Waals surface area (Å²) in [5.41, 5.74) is 1.03. The Bertz CT molecular complexity index is 814. The van der Waals surface area contributed by atoms with Gasteiger partial charge in [-0.2, -0.15) is 0 Å². The van der Waals surface area contributed by atoms with Crippen LogP contribution in [0.15, 0.2) is 36.7 Å². The second kappa shape index (κ2) is 8.10. The Hall–Kier alpha value is -2.74. The molecule has 0 spiro atoms. The fourth-order valence-electron chi connectivity index (χ4n) is 3.65. The lowest BCUT2D eigenvalue weighted by atomic mass is 10.2. The zero-order valence-corrected chi connectivity index (χ0v) is 16.1. The van der Waals surface area contributed by atoms with E-state index < -0.39 is 0 Å². The number of nitrogens with zero attached hydrogens (tertiary/aromatic N) is 6. The van der Waals surface area contributed by atoms with Crippen LogP contribution in [0.2, 0.25) is 0 Å². The highest BCUT2D eigenvalue weighted by Gasteiger charge is 2.23. The van der Waals surface area contributed by atoms with Gasteiger partial charge < -0.3 is 19.6 Å². The highest BCUT2D eigenvalue weighted by molar-refractivity contribution is 5.92. The molecule has 2 aliphatic heterocycles. The molecule has 0 atom stereocenters. The number of halogens is 1. The Balaban J connectivity index is 1.36. The van der Waals surface area contributed by atoms with Crippen LogP contribution in [0, 0.1) is 5.82 Å². The maximum Gasteiger partial charge on any atom is 0.274 e. The van der Waals surface area contributed by atoms with Crippen LogP contribution >= 0.6 is 0 Å². The molecule has 3 heterocycles. The summed E-state index contributed by atoms with van der Waals surface area (Å²) in [4.78, 5) is 29.6. The highest BCUT2D eigenvalue weighted by atomic mass is 19.1. The normalized spacial score (nSPS) is 18.4. The van der Waals surface area contributed by atoms with E-state index in [4.69, 9.17) is 0 Å². The topological polar surface area (TPSA) is 55.8 Å². The van der Waals surface area contributed by atoms with Gasteiger partial charge in [-0.1, -0.05) is 12.1 Å². The number of likely N-dealkylation sites (N-methyl/N-ethyl adjacent to an activating group) is 1. The Morgan fingerprint density at radius 3 is 2.21 bits per heavy atom. The minimum absolute atomic E-state index is 0.0588. The van der Waals surface area contributed by atoms with Gasteiger partial charge in [0.05, 0.1) is 18.1 Å². The summed E-state index contributed by atoms with van der Waals surface area (Å²) in [6, 6.07) is 6.86. The van der Waals surface area contributed by atoms with E-state index >= 15 is 0 Å². The zero-order chi connectivity index (χ0) is 19.5. The number of rotatable bonds is 3. The van der Waals surface area contributed by atoms with Crippen LogP contribution in [0.25, 0.3) is 0 Å². The molecule has 148 valence electrons. The Kier molecular flexibility index (Phi) is 5.38. The number of para-hydroxylation sites is 1. The number of anilines is 2. The van der Waals surface area contributed by atoms with Gasteiger partial charge in [-0.25, -0.2) is 14.4 Å². The van der Waals surface area contributed by atoms with Crippen molar-refractivity contribution in [1.82, 2.24) is 19.8 Å². The van der Waals surface area contributed by atoms with Crippen LogP contribution in [0.4, 0.5) is 15.9 Å². The number of hydrogen-bond acceptors (Lipinski definition) is 6. The van der Waals surface area contributed by atoms with Gasteiger partial charge in [-0.3, -0.25) is 4.79 Å². The third kappa shape index (κ3) is 3.91. The summed E-state index contributed by atoms with van der Waals surface area (Å²) in [7, 11) is 2.06. The maximum absolute atomic E-state index is 14.0. The smallest absolute Gasteiger partial charge is 0.274 e. The molecule has 0 unspecified atom stereocenters. The maximum atomic E-state index is 14.0. The van der Waals surface area contributed by atoms with E-state index in [2.05, 4.69) is 26.8 Å². The molecule has 2 aromatic rings. The molecule has 7 nitrogen and oxygen atoms in total. The number of aromatic nitrogens is 2. The lowest BCUT2D eigenvalue weighted by Gasteiger charge is -2.36. The largest absolute Gasteiger partial charge is 0.366 e. The lowest BCUT2D eigenvalue weighted by molar-refractivity contribution is 0.0658. The molecule has 0 aliphatic carbocycles. The molecule has 1 amide bonds. The van der Waals surface area contributed by atoms with E-state index in [1.807, 2.05) is 21.9 Å². The molecular weight excluding hydrogens is 359 g/mol. The van der Waals surface area contributed by atoms with Crippen molar-refractivity contribution in [3.63, 3.8) is 0 Å². The molecule has 0 N–H and O–H groups in total. The number of hydrogen-bond donors (Lipinski definition) is 0. The summed E-state index contributed by atoms with van der Waals surface area (Å²) in [5, 5.41) is 0. The molecule has 2 fully saturated rings. The van der Waals surface area contributed by atoms with Crippen molar-refractivity contribution in [2.45, 2.75) is 0 Å². The lowest BCUT2D eigenvalue weighted by Crippen LogP contribution is -2.47. The van der Waals surface area contributed by atoms with Gasteiger partial charge in [0.1, 0.15) is 17.3 Å². The van der Waals surface area contributed by atoms with E-state index in [0.717, 1.165) is 45.1 Å². The van der Waals surface area contributed by atoms with Gasteiger partial charge in [0, 0.05) is 52.4 Å². The molecule has 4 rings (SSSR count). The molecular formula is C20H25FN6O. The third-order valence-corrected chi connectivity index (χ3v) is 5.44. The summed E-state index contributed by atoms with van der Waals surface area (Å²) in [6.07, 6.45) is 3.24. The van der Waals surface area contributed by atoms with Crippen molar-refractivity contribution >= 4 is 17.4 Å². The first kappa shape index (κ1) is 18.6. The molecule has 1 aromatic carbocycles. The molecule has 2 saturated heterocycles. The molecule has 0 saturated carbocycles. The summed E-state index contributed by atoms with van der Waals surface area (Å²) >= 11 is 0. The van der Waals surface area contributed by atoms with Gasteiger partial charge >= 0.3 is 0 Å². The van der Waals surface area contributed by atoms with Crippen molar-refractivity contribution in [2.24, 2.45) is 0 Å². The van der Waals surface area contributed by atoms with E-state index in [9.17, 15) is 9.18 Å². The molecule has 8 heteroatoms. The minimum atomic E-state index is -0.192. The number of carbonyl (C=O) groups is 1. The molecule has 1 aromatic heterocycles. The van der Waals surface area contributed by atoms with Crippen molar-refractivity contribution in [3.8, 4) is 0 Å².